The lowest BCUT2D eigenvalue weighted by molar-refractivity contribution is 0.201. The highest BCUT2D eigenvalue weighted by Crippen LogP contribution is 2.36. The predicted octanol–water partition coefficient (Wildman–Crippen LogP) is 0.703. The van der Waals surface area contributed by atoms with Crippen LogP contribution in [0.25, 0.3) is 11.4 Å². The van der Waals surface area contributed by atoms with Gasteiger partial charge in [0.1, 0.15) is 6.10 Å². The van der Waals surface area contributed by atoms with Crippen LogP contribution in [0.15, 0.2) is 18.2 Å². The van der Waals surface area contributed by atoms with Crippen molar-refractivity contribution in [3.63, 3.8) is 0 Å². The first kappa shape index (κ1) is 9.14. The smallest absolute Gasteiger partial charge is 0.185 e. The standard InChI is InChI=1S/C10H11N5O/c1-6-5-15-10(12-13-14-15)7-3-2-4-8(11)9(7)16-6/h2-4,6H,5,11H2,1H3/t6-/m1/s1. The maximum absolute atomic E-state index is 5.90. The molecule has 0 amide bonds. The van der Waals surface area contributed by atoms with Gasteiger partial charge in [-0.05, 0) is 29.5 Å². The third-order valence-corrected chi connectivity index (χ3v) is 2.57. The number of nitrogens with zero attached hydrogens (tertiary/aromatic N) is 4. The molecular weight excluding hydrogens is 206 g/mol. The molecule has 1 aliphatic heterocycles. The summed E-state index contributed by atoms with van der Waals surface area (Å²) in [6.45, 7) is 2.59. The molecule has 6 heteroatoms. The Morgan fingerprint density at radius 3 is 3.25 bits per heavy atom. The third-order valence-electron chi connectivity index (χ3n) is 2.57. The van der Waals surface area contributed by atoms with E-state index in [9.17, 15) is 0 Å². The Morgan fingerprint density at radius 2 is 2.38 bits per heavy atom. The van der Waals surface area contributed by atoms with Gasteiger partial charge in [-0.25, -0.2) is 4.68 Å². The minimum absolute atomic E-state index is 0.00630. The molecule has 0 saturated heterocycles. The molecule has 0 fully saturated rings. The number of tetrazole rings is 1. The van der Waals surface area contributed by atoms with Crippen molar-refractivity contribution in [2.75, 3.05) is 5.73 Å². The molecule has 0 radical (unpaired) electrons. The molecule has 82 valence electrons. The Morgan fingerprint density at radius 1 is 1.50 bits per heavy atom. The van der Waals surface area contributed by atoms with Crippen molar-refractivity contribution in [2.24, 2.45) is 0 Å². The van der Waals surface area contributed by atoms with E-state index in [1.165, 1.54) is 0 Å². The summed E-state index contributed by atoms with van der Waals surface area (Å²) in [7, 11) is 0. The zero-order valence-electron chi connectivity index (χ0n) is 8.79. The Balaban J connectivity index is 2.28. The molecule has 0 bridgehead atoms. The van der Waals surface area contributed by atoms with E-state index in [0.717, 1.165) is 5.56 Å². The Kier molecular flexibility index (Phi) is 1.82. The van der Waals surface area contributed by atoms with E-state index >= 15 is 0 Å². The number of ether oxygens (including phenoxy) is 1. The second kappa shape index (κ2) is 3.19. The van der Waals surface area contributed by atoms with Gasteiger partial charge in [-0.1, -0.05) is 6.07 Å². The fourth-order valence-corrected chi connectivity index (χ4v) is 1.86. The molecule has 2 heterocycles. The van der Waals surface area contributed by atoms with Gasteiger partial charge in [-0.2, -0.15) is 0 Å². The maximum atomic E-state index is 5.90. The summed E-state index contributed by atoms with van der Waals surface area (Å²) < 4.78 is 7.51. The predicted molar refractivity (Wildman–Crippen MR) is 57.8 cm³/mol. The molecule has 0 unspecified atom stereocenters. The topological polar surface area (TPSA) is 78.9 Å². The molecule has 1 atom stereocenters. The minimum Gasteiger partial charge on any atom is -0.486 e. The van der Waals surface area contributed by atoms with Crippen LogP contribution in [0.3, 0.4) is 0 Å². The van der Waals surface area contributed by atoms with Crippen LogP contribution >= 0.6 is 0 Å². The number of hydrogen-bond donors (Lipinski definition) is 1. The van der Waals surface area contributed by atoms with Crippen LogP contribution in [0.5, 0.6) is 5.75 Å². The first-order valence-electron chi connectivity index (χ1n) is 5.07. The van der Waals surface area contributed by atoms with Crippen LogP contribution in [0.1, 0.15) is 6.92 Å². The normalized spacial score (nSPS) is 18.2. The second-order valence-electron chi connectivity index (χ2n) is 3.84. The summed E-state index contributed by atoms with van der Waals surface area (Å²) in [6.07, 6.45) is -0.00630. The fraction of sp³-hybridized carbons (Fsp3) is 0.300. The lowest BCUT2D eigenvalue weighted by Crippen LogP contribution is -2.18. The Labute approximate surface area is 92.0 Å². The molecule has 1 aromatic carbocycles. The van der Waals surface area contributed by atoms with E-state index in [-0.39, 0.29) is 6.10 Å². The van der Waals surface area contributed by atoms with Gasteiger partial charge in [-0.3, -0.25) is 0 Å². The quantitative estimate of drug-likeness (QED) is 0.657. The molecule has 1 aromatic heterocycles. The third kappa shape index (κ3) is 1.23. The number of fused-ring (bicyclic) bond motifs is 3. The first-order valence-corrected chi connectivity index (χ1v) is 5.07. The van der Waals surface area contributed by atoms with Gasteiger partial charge in [0, 0.05) is 0 Å². The minimum atomic E-state index is -0.00630. The SMILES string of the molecule is C[C@@H]1Cn2nnnc2-c2cccc(N)c2O1. The van der Waals surface area contributed by atoms with Crippen molar-refractivity contribution in [1.29, 1.82) is 0 Å². The summed E-state index contributed by atoms with van der Waals surface area (Å²) in [5.41, 5.74) is 7.35. The molecule has 2 N–H and O–H groups in total. The number of rotatable bonds is 0. The van der Waals surface area contributed by atoms with Gasteiger partial charge in [0.05, 0.1) is 17.8 Å². The summed E-state index contributed by atoms with van der Waals surface area (Å²) in [5.74, 6) is 1.37. The van der Waals surface area contributed by atoms with E-state index in [1.807, 2.05) is 25.1 Å². The highest BCUT2D eigenvalue weighted by Gasteiger charge is 2.23. The number of nitrogens with two attached hydrogens (primary N) is 1. The van der Waals surface area contributed by atoms with E-state index in [1.54, 1.807) is 4.68 Å². The van der Waals surface area contributed by atoms with Crippen LogP contribution in [-0.4, -0.2) is 26.3 Å². The summed E-state index contributed by atoms with van der Waals surface area (Å²) >= 11 is 0. The molecular formula is C10H11N5O. The van der Waals surface area contributed by atoms with E-state index in [4.69, 9.17) is 10.5 Å². The number of benzene rings is 1. The number of aromatic nitrogens is 4. The lowest BCUT2D eigenvalue weighted by atomic mass is 10.1. The number of hydrogen-bond acceptors (Lipinski definition) is 5. The lowest BCUT2D eigenvalue weighted by Gasteiger charge is -2.13. The van der Waals surface area contributed by atoms with E-state index in [2.05, 4.69) is 15.5 Å². The van der Waals surface area contributed by atoms with Gasteiger partial charge >= 0.3 is 0 Å². The monoisotopic (exact) mass is 217 g/mol. The summed E-state index contributed by atoms with van der Waals surface area (Å²) in [4.78, 5) is 0. The number of anilines is 1. The zero-order valence-corrected chi connectivity index (χ0v) is 8.79. The zero-order chi connectivity index (χ0) is 11.1. The first-order chi connectivity index (χ1) is 7.75. The van der Waals surface area contributed by atoms with Crippen LogP contribution in [0.2, 0.25) is 0 Å². The largest absolute Gasteiger partial charge is 0.486 e. The molecule has 16 heavy (non-hydrogen) atoms. The van der Waals surface area contributed by atoms with Crippen LogP contribution in [0, 0.1) is 0 Å². The van der Waals surface area contributed by atoms with Crippen molar-refractivity contribution in [1.82, 2.24) is 20.2 Å². The highest BCUT2D eigenvalue weighted by molar-refractivity contribution is 5.73. The molecule has 2 aromatic rings. The summed E-state index contributed by atoms with van der Waals surface area (Å²) in [6, 6.07) is 5.59. The van der Waals surface area contributed by atoms with Gasteiger partial charge in [0.25, 0.3) is 0 Å². The van der Waals surface area contributed by atoms with Crippen molar-refractivity contribution >= 4 is 5.69 Å². The van der Waals surface area contributed by atoms with Crippen molar-refractivity contribution in [3.8, 4) is 17.1 Å². The molecule has 0 saturated carbocycles. The molecule has 6 nitrogen and oxygen atoms in total. The van der Waals surface area contributed by atoms with E-state index < -0.39 is 0 Å². The number of nitrogen functional groups attached to an aromatic ring is 1. The van der Waals surface area contributed by atoms with Crippen LogP contribution < -0.4 is 10.5 Å². The molecule has 3 rings (SSSR count). The van der Waals surface area contributed by atoms with Gasteiger partial charge in [-0.15, -0.1) is 5.10 Å². The van der Waals surface area contributed by atoms with E-state index in [0.29, 0.717) is 23.8 Å². The van der Waals surface area contributed by atoms with Gasteiger partial charge in [0.15, 0.2) is 11.6 Å². The highest BCUT2D eigenvalue weighted by atomic mass is 16.5. The second-order valence-corrected chi connectivity index (χ2v) is 3.84. The average Bonchev–Trinajstić information content (AvgIpc) is 2.64. The van der Waals surface area contributed by atoms with Gasteiger partial charge in [0.2, 0.25) is 0 Å². The summed E-state index contributed by atoms with van der Waals surface area (Å²) in [5, 5.41) is 11.6. The Bertz CT molecular complexity index is 536. The van der Waals surface area contributed by atoms with Crippen LogP contribution in [0.4, 0.5) is 5.69 Å². The Hall–Kier alpha value is -2.11. The fourth-order valence-electron chi connectivity index (χ4n) is 1.86. The molecule has 1 aliphatic rings. The van der Waals surface area contributed by atoms with Crippen molar-refractivity contribution in [2.45, 2.75) is 19.6 Å². The molecule has 0 spiro atoms. The molecule has 0 aliphatic carbocycles. The average molecular weight is 217 g/mol. The maximum Gasteiger partial charge on any atom is 0.185 e. The van der Waals surface area contributed by atoms with Crippen molar-refractivity contribution < 1.29 is 4.74 Å². The van der Waals surface area contributed by atoms with Crippen LogP contribution in [-0.2, 0) is 6.54 Å². The van der Waals surface area contributed by atoms with Gasteiger partial charge < -0.3 is 10.5 Å². The van der Waals surface area contributed by atoms with Crippen molar-refractivity contribution in [3.05, 3.63) is 18.2 Å². The number of para-hydroxylation sites is 1.